The minimum atomic E-state index is -0.444. The molecule has 0 aromatic heterocycles. The molecule has 0 spiro atoms. The van der Waals surface area contributed by atoms with Crippen molar-refractivity contribution in [1.82, 2.24) is 10.6 Å². The number of hydrogen-bond acceptors (Lipinski definition) is 3. The van der Waals surface area contributed by atoms with Crippen LogP contribution in [0, 0.1) is 0 Å². The maximum atomic E-state index is 10.3. The largest absolute Gasteiger partial charge is 0.352 e. The maximum absolute atomic E-state index is 10.3. The lowest BCUT2D eigenvalue weighted by molar-refractivity contribution is 0.248. The van der Waals surface area contributed by atoms with E-state index in [1.54, 1.807) is 0 Å². The monoisotopic (exact) mass is 203 g/mol. The Morgan fingerprint density at radius 2 is 2.08 bits per heavy atom. The molecule has 1 aliphatic heterocycles. The summed E-state index contributed by atoms with van der Waals surface area (Å²) in [5.41, 5.74) is 4.93. The van der Waals surface area contributed by atoms with E-state index in [2.05, 4.69) is 10.6 Å². The van der Waals surface area contributed by atoms with Crippen LogP contribution >= 0.6 is 11.8 Å². The van der Waals surface area contributed by atoms with Crippen LogP contribution in [0.3, 0.4) is 0 Å². The van der Waals surface area contributed by atoms with Gasteiger partial charge < -0.3 is 16.4 Å². The second kappa shape index (κ2) is 6.10. The molecule has 1 saturated heterocycles. The number of urea groups is 1. The molecule has 1 rings (SSSR count). The van der Waals surface area contributed by atoms with Gasteiger partial charge in [0.15, 0.2) is 0 Å². The highest BCUT2D eigenvalue weighted by molar-refractivity contribution is 7.99. The fraction of sp³-hybridized carbons (Fsp3) is 0.875. The Kier molecular flexibility index (Phi) is 5.00. The van der Waals surface area contributed by atoms with Crippen LogP contribution in [0.25, 0.3) is 0 Å². The second-order valence-corrected chi connectivity index (χ2v) is 4.36. The molecule has 1 heterocycles. The van der Waals surface area contributed by atoms with Gasteiger partial charge in [0.1, 0.15) is 0 Å². The molecule has 0 aromatic carbocycles. The third-order valence-corrected chi connectivity index (χ3v) is 3.13. The van der Waals surface area contributed by atoms with Crippen molar-refractivity contribution in [2.75, 3.05) is 24.6 Å². The summed E-state index contributed by atoms with van der Waals surface area (Å²) in [4.78, 5) is 10.3. The number of hydrogen-bond donors (Lipinski definition) is 3. The Morgan fingerprint density at radius 3 is 2.69 bits per heavy atom. The van der Waals surface area contributed by atoms with Gasteiger partial charge in [-0.2, -0.15) is 11.8 Å². The van der Waals surface area contributed by atoms with Crippen molar-refractivity contribution in [3.05, 3.63) is 0 Å². The number of primary amides is 1. The lowest BCUT2D eigenvalue weighted by Crippen LogP contribution is -2.40. The molecule has 0 aromatic rings. The van der Waals surface area contributed by atoms with Gasteiger partial charge in [0, 0.05) is 19.1 Å². The van der Waals surface area contributed by atoms with Gasteiger partial charge in [-0.25, -0.2) is 4.79 Å². The fourth-order valence-corrected chi connectivity index (χ4v) is 2.47. The normalized spacial score (nSPS) is 18.5. The van der Waals surface area contributed by atoms with Crippen molar-refractivity contribution in [2.24, 2.45) is 5.73 Å². The quantitative estimate of drug-likeness (QED) is 0.569. The Labute approximate surface area is 83.0 Å². The molecule has 0 bridgehead atoms. The third kappa shape index (κ3) is 5.00. The first-order valence-electron chi connectivity index (χ1n) is 4.63. The molecule has 0 aliphatic carbocycles. The molecule has 4 N–H and O–H groups in total. The van der Waals surface area contributed by atoms with Crippen LogP contribution in [0.5, 0.6) is 0 Å². The van der Waals surface area contributed by atoms with Crippen molar-refractivity contribution in [2.45, 2.75) is 18.9 Å². The van der Waals surface area contributed by atoms with E-state index in [0.29, 0.717) is 12.6 Å². The number of carbonyl (C=O) groups excluding carboxylic acids is 1. The molecule has 4 nitrogen and oxygen atoms in total. The summed E-state index contributed by atoms with van der Waals surface area (Å²) in [6, 6.07) is 0.192. The molecule has 0 radical (unpaired) electrons. The average Bonchev–Trinajstić information content (AvgIpc) is 2.14. The van der Waals surface area contributed by atoms with Gasteiger partial charge in [0.05, 0.1) is 0 Å². The van der Waals surface area contributed by atoms with E-state index in [1.807, 2.05) is 11.8 Å². The van der Waals surface area contributed by atoms with Crippen LogP contribution in [0.4, 0.5) is 4.79 Å². The minimum Gasteiger partial charge on any atom is -0.352 e. The summed E-state index contributed by atoms with van der Waals surface area (Å²) in [5.74, 6) is 2.50. The van der Waals surface area contributed by atoms with Crippen LogP contribution in [0.1, 0.15) is 12.8 Å². The van der Waals surface area contributed by atoms with Crippen LogP contribution in [0.2, 0.25) is 0 Å². The van der Waals surface area contributed by atoms with Gasteiger partial charge in [0.2, 0.25) is 0 Å². The van der Waals surface area contributed by atoms with Crippen LogP contribution in [-0.2, 0) is 0 Å². The van der Waals surface area contributed by atoms with E-state index in [9.17, 15) is 4.79 Å². The Morgan fingerprint density at radius 1 is 1.38 bits per heavy atom. The van der Waals surface area contributed by atoms with Crippen molar-refractivity contribution < 1.29 is 4.79 Å². The predicted molar refractivity (Wildman–Crippen MR) is 55.9 cm³/mol. The van der Waals surface area contributed by atoms with Crippen LogP contribution in [-0.4, -0.2) is 36.7 Å². The van der Waals surface area contributed by atoms with Gasteiger partial charge in [-0.3, -0.25) is 0 Å². The first-order chi connectivity index (χ1) is 6.29. The van der Waals surface area contributed by atoms with Crippen molar-refractivity contribution >= 4 is 17.8 Å². The molecular formula is C8H17N3OS. The highest BCUT2D eigenvalue weighted by Gasteiger charge is 2.11. The van der Waals surface area contributed by atoms with E-state index >= 15 is 0 Å². The highest BCUT2D eigenvalue weighted by Crippen LogP contribution is 2.16. The number of amides is 2. The molecule has 0 unspecified atom stereocenters. The summed E-state index contributed by atoms with van der Waals surface area (Å²) in [7, 11) is 0. The van der Waals surface area contributed by atoms with E-state index in [1.165, 1.54) is 24.3 Å². The van der Waals surface area contributed by atoms with E-state index < -0.39 is 6.03 Å². The molecular weight excluding hydrogens is 186 g/mol. The molecule has 2 amide bonds. The summed E-state index contributed by atoms with van der Waals surface area (Å²) in [5, 5.41) is 5.95. The Balaban J connectivity index is 1.95. The van der Waals surface area contributed by atoms with Gasteiger partial charge in [-0.05, 0) is 24.3 Å². The Bertz CT molecular complexity index is 159. The van der Waals surface area contributed by atoms with Crippen molar-refractivity contribution in [3.63, 3.8) is 0 Å². The first-order valence-corrected chi connectivity index (χ1v) is 5.79. The third-order valence-electron chi connectivity index (χ3n) is 2.08. The molecule has 0 atom stereocenters. The van der Waals surface area contributed by atoms with Gasteiger partial charge in [-0.15, -0.1) is 0 Å². The predicted octanol–water partition coefficient (Wildman–Crippen LogP) is 0.140. The first kappa shape index (κ1) is 10.7. The number of thioether (sulfide) groups is 1. The zero-order chi connectivity index (χ0) is 9.52. The molecule has 1 aliphatic rings. The highest BCUT2D eigenvalue weighted by atomic mass is 32.2. The van der Waals surface area contributed by atoms with Crippen LogP contribution in [0.15, 0.2) is 0 Å². The SMILES string of the molecule is NC(=O)NCCNC1CCSCC1. The van der Waals surface area contributed by atoms with E-state index in [4.69, 9.17) is 5.73 Å². The maximum Gasteiger partial charge on any atom is 0.312 e. The molecule has 76 valence electrons. The zero-order valence-corrected chi connectivity index (χ0v) is 8.53. The lowest BCUT2D eigenvalue weighted by atomic mass is 10.1. The van der Waals surface area contributed by atoms with Crippen molar-refractivity contribution in [3.8, 4) is 0 Å². The standard InChI is InChI=1S/C8H17N3OS/c9-8(12)11-4-3-10-7-1-5-13-6-2-7/h7,10H,1-6H2,(H3,9,11,12). The van der Waals surface area contributed by atoms with Gasteiger partial charge >= 0.3 is 6.03 Å². The topological polar surface area (TPSA) is 67.2 Å². The van der Waals surface area contributed by atoms with Gasteiger partial charge in [0.25, 0.3) is 0 Å². The zero-order valence-electron chi connectivity index (χ0n) is 7.71. The number of nitrogens with two attached hydrogens (primary N) is 1. The number of nitrogens with one attached hydrogen (secondary N) is 2. The van der Waals surface area contributed by atoms with Crippen molar-refractivity contribution in [1.29, 1.82) is 0 Å². The summed E-state index contributed by atoms with van der Waals surface area (Å²) >= 11 is 2.01. The molecule has 5 heteroatoms. The molecule has 1 fully saturated rings. The lowest BCUT2D eigenvalue weighted by Gasteiger charge is -2.22. The number of rotatable bonds is 4. The second-order valence-electron chi connectivity index (χ2n) is 3.13. The summed E-state index contributed by atoms with van der Waals surface area (Å²) < 4.78 is 0. The summed E-state index contributed by atoms with van der Waals surface area (Å²) in [6.07, 6.45) is 2.47. The smallest absolute Gasteiger partial charge is 0.312 e. The average molecular weight is 203 g/mol. The summed E-state index contributed by atoms with van der Waals surface area (Å²) in [6.45, 7) is 1.44. The molecule has 0 saturated carbocycles. The fourth-order valence-electron chi connectivity index (χ4n) is 1.36. The molecule has 13 heavy (non-hydrogen) atoms. The van der Waals surface area contributed by atoms with Crippen LogP contribution < -0.4 is 16.4 Å². The van der Waals surface area contributed by atoms with Gasteiger partial charge in [-0.1, -0.05) is 0 Å². The number of carbonyl (C=O) groups is 1. The Hall–Kier alpha value is -0.420. The minimum absolute atomic E-state index is 0.444. The van der Waals surface area contributed by atoms with E-state index in [-0.39, 0.29) is 0 Å². The van der Waals surface area contributed by atoms with E-state index in [0.717, 1.165) is 6.54 Å².